The number of rotatable bonds is 7. The lowest BCUT2D eigenvalue weighted by molar-refractivity contribution is -0.111. The second kappa shape index (κ2) is 9.03. The van der Waals surface area contributed by atoms with Crippen LogP contribution in [0.3, 0.4) is 0 Å². The van der Waals surface area contributed by atoms with Crippen molar-refractivity contribution in [3.63, 3.8) is 0 Å². The number of thiophene rings is 1. The van der Waals surface area contributed by atoms with E-state index in [2.05, 4.69) is 12.2 Å². The predicted octanol–water partition coefficient (Wildman–Crippen LogP) is 3.61. The van der Waals surface area contributed by atoms with Crippen LogP contribution in [0.2, 0.25) is 0 Å². The fourth-order valence-corrected chi connectivity index (χ4v) is 4.65. The van der Waals surface area contributed by atoms with Gasteiger partial charge in [-0.1, -0.05) is 19.1 Å². The summed E-state index contributed by atoms with van der Waals surface area (Å²) in [5.74, 6) is 0.478. The molecular formula is C21H24N2O4S. The number of nitrogens with one attached hydrogen (secondary N) is 1. The van der Waals surface area contributed by atoms with Crippen molar-refractivity contribution in [2.45, 2.75) is 26.2 Å². The first-order valence-electron chi connectivity index (χ1n) is 9.13. The minimum Gasteiger partial charge on any atom is -0.468 e. The number of fused-ring (bicyclic) bond motifs is 1. The topological polar surface area (TPSA) is 90.7 Å². The number of anilines is 1. The van der Waals surface area contributed by atoms with Crippen molar-refractivity contribution < 1.29 is 19.1 Å². The first-order chi connectivity index (χ1) is 13.5. The normalized spacial score (nSPS) is 16.0. The molecule has 1 atom stereocenters. The van der Waals surface area contributed by atoms with E-state index in [4.69, 9.17) is 15.2 Å². The molecule has 148 valence electrons. The van der Waals surface area contributed by atoms with Crippen molar-refractivity contribution in [2.24, 2.45) is 11.7 Å². The van der Waals surface area contributed by atoms with Crippen LogP contribution < -0.4 is 15.8 Å². The molecule has 0 spiro atoms. The average Bonchev–Trinajstić information content (AvgIpc) is 3.02. The predicted molar refractivity (Wildman–Crippen MR) is 111 cm³/mol. The summed E-state index contributed by atoms with van der Waals surface area (Å²) < 4.78 is 10.2. The Kier molecular flexibility index (Phi) is 6.49. The standard InChI is InChI=1S/C21H24N2O4S/c1-13-3-9-16-17(11-13)28-21(19(16)20(22)25)23-18(24)10-6-14-4-7-15(8-5-14)27-12-26-2/h4-8,10,13H,3,9,11-12H2,1-2H3,(H2,22,25)(H,23,24)/b10-6+. The van der Waals surface area contributed by atoms with Crippen LogP contribution in [0.5, 0.6) is 5.75 Å². The van der Waals surface area contributed by atoms with Crippen molar-refractivity contribution in [1.82, 2.24) is 0 Å². The van der Waals surface area contributed by atoms with Gasteiger partial charge in [-0.3, -0.25) is 9.59 Å². The van der Waals surface area contributed by atoms with Crippen LogP contribution in [0.25, 0.3) is 6.08 Å². The van der Waals surface area contributed by atoms with Crippen molar-refractivity contribution in [1.29, 1.82) is 0 Å². The van der Waals surface area contributed by atoms with Gasteiger partial charge in [0.05, 0.1) is 5.56 Å². The highest BCUT2D eigenvalue weighted by Gasteiger charge is 2.26. The lowest BCUT2D eigenvalue weighted by atomic mass is 9.88. The SMILES string of the molecule is COCOc1ccc(/C=C/C(=O)Nc2sc3c(c2C(N)=O)CCC(C)C3)cc1. The second-order valence-electron chi connectivity index (χ2n) is 6.86. The van der Waals surface area contributed by atoms with Crippen LogP contribution >= 0.6 is 11.3 Å². The molecule has 3 rings (SSSR count). The Labute approximate surface area is 168 Å². The van der Waals surface area contributed by atoms with Gasteiger partial charge in [0.25, 0.3) is 5.91 Å². The van der Waals surface area contributed by atoms with Crippen molar-refractivity contribution >= 4 is 34.2 Å². The van der Waals surface area contributed by atoms with Gasteiger partial charge >= 0.3 is 0 Å². The number of benzene rings is 1. The monoisotopic (exact) mass is 400 g/mol. The number of primary amides is 1. The van der Waals surface area contributed by atoms with Crippen LogP contribution in [0.4, 0.5) is 5.00 Å². The number of hydrogen-bond donors (Lipinski definition) is 2. The Balaban J connectivity index is 1.69. The van der Waals surface area contributed by atoms with Crippen LogP contribution in [0.15, 0.2) is 30.3 Å². The maximum absolute atomic E-state index is 12.4. The minimum atomic E-state index is -0.488. The van der Waals surface area contributed by atoms with E-state index in [1.165, 1.54) is 17.4 Å². The molecule has 0 saturated heterocycles. The summed E-state index contributed by atoms with van der Waals surface area (Å²) in [5, 5.41) is 3.37. The largest absolute Gasteiger partial charge is 0.468 e. The average molecular weight is 401 g/mol. The zero-order valence-electron chi connectivity index (χ0n) is 16.0. The smallest absolute Gasteiger partial charge is 0.251 e. The van der Waals surface area contributed by atoms with E-state index in [0.29, 0.717) is 22.2 Å². The van der Waals surface area contributed by atoms with E-state index in [9.17, 15) is 9.59 Å². The van der Waals surface area contributed by atoms with Crippen LogP contribution in [-0.2, 0) is 22.4 Å². The molecule has 0 fully saturated rings. The number of ether oxygens (including phenoxy) is 2. The molecule has 1 aromatic heterocycles. The molecule has 1 aromatic carbocycles. The lowest BCUT2D eigenvalue weighted by Crippen LogP contribution is -2.18. The van der Waals surface area contributed by atoms with Crippen molar-refractivity contribution in [2.75, 3.05) is 19.2 Å². The molecular weight excluding hydrogens is 376 g/mol. The van der Waals surface area contributed by atoms with E-state index >= 15 is 0 Å². The van der Waals surface area contributed by atoms with Gasteiger partial charge in [-0.15, -0.1) is 11.3 Å². The van der Waals surface area contributed by atoms with Crippen LogP contribution in [0.1, 0.15) is 39.7 Å². The third-order valence-corrected chi connectivity index (χ3v) is 5.82. The molecule has 7 heteroatoms. The summed E-state index contributed by atoms with van der Waals surface area (Å²) in [4.78, 5) is 25.5. The van der Waals surface area contributed by atoms with Gasteiger partial charge in [-0.25, -0.2) is 0 Å². The van der Waals surface area contributed by atoms with Gasteiger partial charge in [-0.2, -0.15) is 0 Å². The van der Waals surface area contributed by atoms with E-state index < -0.39 is 5.91 Å². The molecule has 0 aliphatic heterocycles. The highest BCUT2D eigenvalue weighted by Crippen LogP contribution is 2.39. The maximum atomic E-state index is 12.4. The maximum Gasteiger partial charge on any atom is 0.251 e. The summed E-state index contributed by atoms with van der Waals surface area (Å²) in [7, 11) is 1.56. The Bertz CT molecular complexity index is 887. The lowest BCUT2D eigenvalue weighted by Gasteiger charge is -2.18. The first kappa shape index (κ1) is 20.1. The molecule has 1 heterocycles. The second-order valence-corrected chi connectivity index (χ2v) is 7.97. The van der Waals surface area contributed by atoms with Gasteiger partial charge in [0, 0.05) is 18.1 Å². The quantitative estimate of drug-likeness (QED) is 0.549. The number of nitrogens with two attached hydrogens (primary N) is 1. The van der Waals surface area contributed by atoms with Gasteiger partial charge in [0.15, 0.2) is 6.79 Å². The molecule has 3 N–H and O–H groups in total. The zero-order valence-corrected chi connectivity index (χ0v) is 16.8. The molecule has 2 aromatic rings. The molecule has 0 radical (unpaired) electrons. The number of carbonyl (C=O) groups excluding carboxylic acids is 2. The van der Waals surface area contributed by atoms with Crippen LogP contribution in [-0.4, -0.2) is 25.7 Å². The van der Waals surface area contributed by atoms with Crippen molar-refractivity contribution in [3.05, 3.63) is 51.9 Å². The molecule has 1 unspecified atom stereocenters. The summed E-state index contributed by atoms with van der Waals surface area (Å²) in [5.41, 5.74) is 7.91. The highest BCUT2D eigenvalue weighted by atomic mass is 32.1. The number of methoxy groups -OCH3 is 1. The summed E-state index contributed by atoms with van der Waals surface area (Å²) in [6.07, 6.45) is 5.92. The van der Waals surface area contributed by atoms with E-state index in [1.807, 2.05) is 12.1 Å². The molecule has 1 aliphatic carbocycles. The third-order valence-electron chi connectivity index (χ3n) is 4.65. The van der Waals surface area contributed by atoms with E-state index in [1.54, 1.807) is 25.3 Å². The molecule has 0 saturated carbocycles. The summed E-state index contributed by atoms with van der Waals surface area (Å²) in [6, 6.07) is 7.29. The Morgan fingerprint density at radius 1 is 1.32 bits per heavy atom. The fraction of sp³-hybridized carbons (Fsp3) is 0.333. The van der Waals surface area contributed by atoms with Gasteiger partial charge < -0.3 is 20.5 Å². The van der Waals surface area contributed by atoms with Gasteiger partial charge in [0.1, 0.15) is 10.8 Å². The fourth-order valence-electron chi connectivity index (χ4n) is 3.23. The highest BCUT2D eigenvalue weighted by molar-refractivity contribution is 7.17. The summed E-state index contributed by atoms with van der Waals surface area (Å²) >= 11 is 1.46. The minimum absolute atomic E-state index is 0.184. The van der Waals surface area contributed by atoms with Crippen LogP contribution in [0, 0.1) is 5.92 Å². The van der Waals surface area contributed by atoms with E-state index in [-0.39, 0.29) is 12.7 Å². The third kappa shape index (κ3) is 4.79. The first-order valence-corrected chi connectivity index (χ1v) is 9.94. The molecule has 1 aliphatic rings. The number of amides is 2. The Hall–Kier alpha value is -2.64. The summed E-state index contributed by atoms with van der Waals surface area (Å²) in [6.45, 7) is 2.38. The Morgan fingerprint density at radius 3 is 2.75 bits per heavy atom. The molecule has 0 bridgehead atoms. The van der Waals surface area contributed by atoms with Crippen molar-refractivity contribution in [3.8, 4) is 5.75 Å². The zero-order chi connectivity index (χ0) is 20.1. The molecule has 28 heavy (non-hydrogen) atoms. The number of carbonyl (C=O) groups is 2. The molecule has 6 nitrogen and oxygen atoms in total. The number of hydrogen-bond acceptors (Lipinski definition) is 5. The van der Waals surface area contributed by atoms with E-state index in [0.717, 1.165) is 35.3 Å². The Morgan fingerprint density at radius 2 is 2.07 bits per heavy atom. The van der Waals surface area contributed by atoms with Gasteiger partial charge in [0.2, 0.25) is 5.91 Å². The van der Waals surface area contributed by atoms with Gasteiger partial charge in [-0.05, 0) is 54.5 Å². The molecule has 2 amide bonds.